The smallest absolute Gasteiger partial charge is 0.515 e. The molecule has 0 fully saturated rings. The molecule has 0 atom stereocenters. The Balaban J connectivity index is 2.98. The molecule has 0 unspecified atom stereocenters. The standard InChI is InChI=1S/C7H4BCl2F3NO3/c9-5-1-4(14(15)16)2-6(10)7(5)17-3-8(11,12)13/h1-2H,3H2/q-1. The Kier molecular flexibility index (Phi) is 4.10. The minimum atomic E-state index is -5.15. The van der Waals surface area contributed by atoms with Crippen LogP contribution in [0, 0.1) is 10.1 Å². The second kappa shape index (κ2) is 5.01. The average Bonchev–Trinajstić information content (AvgIpc) is 2.14. The molecule has 0 radical (unpaired) electrons. The molecule has 1 aromatic rings. The lowest BCUT2D eigenvalue weighted by Gasteiger charge is -2.16. The van der Waals surface area contributed by atoms with Crippen LogP contribution in [0.3, 0.4) is 0 Å². The number of nitro groups is 1. The third kappa shape index (κ3) is 3.97. The monoisotopic (exact) mass is 288 g/mol. The van der Waals surface area contributed by atoms with Crippen molar-refractivity contribution < 1.29 is 22.6 Å². The highest BCUT2D eigenvalue weighted by Crippen LogP contribution is 2.37. The molecule has 94 valence electrons. The average molecular weight is 289 g/mol. The number of non-ortho nitro benzene ring substituents is 1. The van der Waals surface area contributed by atoms with E-state index in [2.05, 4.69) is 4.74 Å². The van der Waals surface area contributed by atoms with Crippen LogP contribution in [0.2, 0.25) is 10.0 Å². The van der Waals surface area contributed by atoms with Gasteiger partial charge in [0.2, 0.25) is 0 Å². The number of ether oxygens (including phenoxy) is 1. The summed E-state index contributed by atoms with van der Waals surface area (Å²) in [6.45, 7) is -6.67. The zero-order valence-electron chi connectivity index (χ0n) is 8.00. The number of hydrogen-bond donors (Lipinski definition) is 0. The zero-order chi connectivity index (χ0) is 13.2. The van der Waals surface area contributed by atoms with Crippen molar-refractivity contribution in [1.29, 1.82) is 0 Å². The molecule has 0 aliphatic rings. The molecular formula is C7H4BCl2F3NO3-. The summed E-state index contributed by atoms with van der Waals surface area (Å²) in [5.41, 5.74) is -0.426. The molecule has 1 rings (SSSR count). The normalized spacial score (nSPS) is 11.4. The van der Waals surface area contributed by atoms with E-state index in [0.29, 0.717) is 0 Å². The second-order valence-electron chi connectivity index (χ2n) is 3.02. The summed E-state index contributed by atoms with van der Waals surface area (Å²) < 4.78 is 40.2. The van der Waals surface area contributed by atoms with Crippen LogP contribution in [0.5, 0.6) is 5.75 Å². The molecule has 0 aliphatic heterocycles. The van der Waals surface area contributed by atoms with Gasteiger partial charge in [-0.3, -0.25) is 10.1 Å². The molecule has 10 heteroatoms. The van der Waals surface area contributed by atoms with Gasteiger partial charge in [-0.1, -0.05) is 23.2 Å². The third-order valence-corrected chi connectivity index (χ3v) is 2.17. The minimum Gasteiger partial charge on any atom is -0.519 e. The van der Waals surface area contributed by atoms with Crippen LogP contribution in [0.1, 0.15) is 0 Å². The highest BCUT2D eigenvalue weighted by Gasteiger charge is 2.26. The lowest BCUT2D eigenvalue weighted by molar-refractivity contribution is -0.384. The lowest BCUT2D eigenvalue weighted by Crippen LogP contribution is -2.26. The summed E-state index contributed by atoms with van der Waals surface area (Å²) in [4.78, 5) is 9.64. The highest BCUT2D eigenvalue weighted by atomic mass is 35.5. The van der Waals surface area contributed by atoms with Crippen LogP contribution in [-0.4, -0.2) is 18.4 Å². The molecule has 4 nitrogen and oxygen atoms in total. The predicted molar refractivity (Wildman–Crippen MR) is 57.7 cm³/mol. The van der Waals surface area contributed by atoms with Crippen LogP contribution in [0.4, 0.5) is 18.6 Å². The fourth-order valence-corrected chi connectivity index (χ4v) is 1.55. The maximum absolute atomic E-state index is 12.0. The summed E-state index contributed by atoms with van der Waals surface area (Å²) in [6.07, 6.45) is 0. The maximum atomic E-state index is 12.0. The highest BCUT2D eigenvalue weighted by molar-refractivity contribution is 6.58. The van der Waals surface area contributed by atoms with E-state index >= 15 is 0 Å². The molecule has 0 bridgehead atoms. The Labute approximate surface area is 103 Å². The first-order chi connectivity index (χ1) is 7.70. The van der Waals surface area contributed by atoms with Crippen molar-refractivity contribution in [2.24, 2.45) is 0 Å². The number of rotatable bonds is 4. The number of benzene rings is 1. The number of nitrogens with zero attached hydrogens (tertiary/aromatic N) is 1. The Bertz CT molecular complexity index is 431. The van der Waals surface area contributed by atoms with E-state index in [9.17, 15) is 23.1 Å². The summed E-state index contributed by atoms with van der Waals surface area (Å²) >= 11 is 11.1. The molecule has 0 aliphatic carbocycles. The molecule has 0 saturated carbocycles. The molecule has 0 N–H and O–H groups in total. The van der Waals surface area contributed by atoms with Crippen molar-refractivity contribution in [3.05, 3.63) is 32.3 Å². The van der Waals surface area contributed by atoms with Gasteiger partial charge in [0, 0.05) is 12.1 Å². The zero-order valence-corrected chi connectivity index (χ0v) is 9.51. The van der Waals surface area contributed by atoms with Crippen LogP contribution >= 0.6 is 23.2 Å². The van der Waals surface area contributed by atoms with Crippen molar-refractivity contribution >= 4 is 35.9 Å². The van der Waals surface area contributed by atoms with Crippen molar-refractivity contribution in [3.63, 3.8) is 0 Å². The van der Waals surface area contributed by atoms with Gasteiger partial charge in [-0.2, -0.15) is 0 Å². The second-order valence-corrected chi connectivity index (χ2v) is 3.83. The maximum Gasteiger partial charge on any atom is 0.515 e. The Hall–Kier alpha value is -1.15. The van der Waals surface area contributed by atoms with Crippen molar-refractivity contribution in [2.75, 3.05) is 6.51 Å². The Morgan fingerprint density at radius 1 is 1.29 bits per heavy atom. The molecule has 1 aromatic carbocycles. The SMILES string of the molecule is O=[N+]([O-])c1cc(Cl)c(OC[B-](F)(F)F)c(Cl)c1. The van der Waals surface area contributed by atoms with Gasteiger partial charge in [0.15, 0.2) is 5.75 Å². The van der Waals surface area contributed by atoms with Gasteiger partial charge in [0.05, 0.1) is 21.5 Å². The summed E-state index contributed by atoms with van der Waals surface area (Å²) in [6, 6.07) is 1.73. The number of nitro benzene ring substituents is 1. The number of hydrogen-bond acceptors (Lipinski definition) is 3. The van der Waals surface area contributed by atoms with E-state index in [1.165, 1.54) is 0 Å². The summed E-state index contributed by atoms with van der Waals surface area (Å²) in [5, 5.41) is 9.72. The molecule has 17 heavy (non-hydrogen) atoms. The van der Waals surface area contributed by atoms with Gasteiger partial charge in [0.25, 0.3) is 5.69 Å². The lowest BCUT2D eigenvalue weighted by atomic mass is 9.95. The van der Waals surface area contributed by atoms with Gasteiger partial charge < -0.3 is 17.7 Å². The fraction of sp³-hybridized carbons (Fsp3) is 0.143. The minimum absolute atomic E-state index is 0.343. The van der Waals surface area contributed by atoms with Gasteiger partial charge in [-0.25, -0.2) is 0 Å². The van der Waals surface area contributed by atoms with Crippen LogP contribution < -0.4 is 4.74 Å². The van der Waals surface area contributed by atoms with Crippen LogP contribution in [-0.2, 0) is 0 Å². The first-order valence-electron chi connectivity index (χ1n) is 4.18. The summed E-state index contributed by atoms with van der Waals surface area (Å²) in [5.74, 6) is -0.418. The van der Waals surface area contributed by atoms with Gasteiger partial charge >= 0.3 is 6.98 Å². The van der Waals surface area contributed by atoms with Gasteiger partial charge in [0.1, 0.15) is 0 Å². The molecule has 0 heterocycles. The fourth-order valence-electron chi connectivity index (χ4n) is 0.968. The van der Waals surface area contributed by atoms with Crippen LogP contribution in [0.25, 0.3) is 0 Å². The molecule has 0 aromatic heterocycles. The van der Waals surface area contributed by atoms with E-state index in [-0.39, 0.29) is 10.0 Å². The Morgan fingerprint density at radius 2 is 1.76 bits per heavy atom. The van der Waals surface area contributed by atoms with E-state index in [4.69, 9.17) is 23.2 Å². The molecule has 0 amide bonds. The Morgan fingerprint density at radius 3 is 2.12 bits per heavy atom. The molecular weight excluding hydrogens is 285 g/mol. The van der Waals surface area contributed by atoms with E-state index in [1.807, 2.05) is 0 Å². The predicted octanol–water partition coefficient (Wildman–Crippen LogP) is 3.67. The summed E-state index contributed by atoms with van der Waals surface area (Å²) in [7, 11) is 0. The van der Waals surface area contributed by atoms with Crippen LogP contribution in [0.15, 0.2) is 12.1 Å². The van der Waals surface area contributed by atoms with E-state index in [1.54, 1.807) is 0 Å². The first-order valence-corrected chi connectivity index (χ1v) is 4.93. The van der Waals surface area contributed by atoms with Crippen molar-refractivity contribution in [2.45, 2.75) is 0 Å². The van der Waals surface area contributed by atoms with E-state index in [0.717, 1.165) is 12.1 Å². The topological polar surface area (TPSA) is 52.4 Å². The van der Waals surface area contributed by atoms with Gasteiger partial charge in [-0.15, -0.1) is 0 Å². The van der Waals surface area contributed by atoms with Crippen molar-refractivity contribution in [3.8, 4) is 5.75 Å². The van der Waals surface area contributed by atoms with Gasteiger partial charge in [-0.05, 0) is 0 Å². The molecule has 0 spiro atoms. The first kappa shape index (κ1) is 13.9. The number of halogens is 5. The molecule has 0 saturated heterocycles. The van der Waals surface area contributed by atoms with Crippen molar-refractivity contribution in [1.82, 2.24) is 0 Å². The largest absolute Gasteiger partial charge is 0.519 e. The quantitative estimate of drug-likeness (QED) is 0.482. The van der Waals surface area contributed by atoms with E-state index < -0.39 is 29.8 Å². The third-order valence-electron chi connectivity index (χ3n) is 1.61.